The average Bonchev–Trinajstić information content (AvgIpc) is 2.43. The number of anilines is 3. The van der Waals surface area contributed by atoms with Crippen molar-refractivity contribution < 1.29 is 4.79 Å². The summed E-state index contributed by atoms with van der Waals surface area (Å²) in [5, 5.41) is 6.11. The zero-order valence-electron chi connectivity index (χ0n) is 10.6. The highest BCUT2D eigenvalue weighted by Crippen LogP contribution is 2.20. The van der Waals surface area contributed by atoms with Crippen molar-refractivity contribution in [2.24, 2.45) is 0 Å². The Morgan fingerprint density at radius 2 is 1.42 bits per heavy atom. The first-order valence-corrected chi connectivity index (χ1v) is 6.89. The third-order valence-electron chi connectivity index (χ3n) is 2.62. The summed E-state index contributed by atoms with van der Waals surface area (Å²) in [7, 11) is 0. The number of rotatable bonds is 4. The van der Waals surface area contributed by atoms with Gasteiger partial charge in [-0.1, -0.05) is 22.9 Å². The number of benzene rings is 2. The van der Waals surface area contributed by atoms with Crippen LogP contribution in [0.25, 0.3) is 0 Å². The Morgan fingerprint density at radius 3 is 1.95 bits per heavy atom. The molecule has 2 N–H and O–H groups in total. The van der Waals surface area contributed by atoms with Crippen LogP contribution < -0.4 is 10.6 Å². The summed E-state index contributed by atoms with van der Waals surface area (Å²) < 4.78 is 1.05. The van der Waals surface area contributed by atoms with Gasteiger partial charge in [-0.3, -0.25) is 4.79 Å². The largest absolute Gasteiger partial charge is 0.356 e. The summed E-state index contributed by atoms with van der Waals surface area (Å²) in [4.78, 5) is 11.3. The molecule has 0 aliphatic carbocycles. The fourth-order valence-electron chi connectivity index (χ4n) is 1.59. The molecule has 0 aliphatic rings. The molecule has 0 aromatic heterocycles. The molecule has 0 atom stereocenters. The van der Waals surface area contributed by atoms with Crippen LogP contribution in [-0.2, 0) is 4.79 Å². The van der Waals surface area contributed by atoms with E-state index in [1.807, 2.05) is 55.5 Å². The molecule has 4 heteroatoms. The monoisotopic (exact) mass is 318 g/mol. The predicted octanol–water partition coefficient (Wildman–Crippen LogP) is 4.54. The van der Waals surface area contributed by atoms with E-state index in [0.717, 1.165) is 21.5 Å². The van der Waals surface area contributed by atoms with Crippen LogP contribution in [0, 0.1) is 0 Å². The van der Waals surface area contributed by atoms with Crippen LogP contribution in [0.5, 0.6) is 0 Å². The number of nitrogens with one attached hydrogen (secondary N) is 2. The molecule has 0 bridgehead atoms. The summed E-state index contributed by atoms with van der Waals surface area (Å²) in [6.45, 7) is 1.83. The van der Waals surface area contributed by atoms with Gasteiger partial charge in [0.2, 0.25) is 5.91 Å². The van der Waals surface area contributed by atoms with Gasteiger partial charge < -0.3 is 10.6 Å². The number of hydrogen-bond donors (Lipinski definition) is 2. The maximum atomic E-state index is 11.3. The van der Waals surface area contributed by atoms with E-state index in [4.69, 9.17) is 0 Å². The molecule has 0 fully saturated rings. The standard InChI is InChI=1S/C15H15BrN2O/c1-2-15(19)18-14-9-7-13(8-10-14)17-12-5-3-11(16)4-6-12/h3-10,17H,2H2,1H3,(H,18,19). The van der Waals surface area contributed by atoms with E-state index >= 15 is 0 Å². The van der Waals surface area contributed by atoms with E-state index in [1.54, 1.807) is 0 Å². The molecule has 0 aliphatic heterocycles. The molecule has 0 radical (unpaired) electrons. The molecule has 0 spiro atoms. The third-order valence-corrected chi connectivity index (χ3v) is 3.15. The quantitative estimate of drug-likeness (QED) is 0.868. The van der Waals surface area contributed by atoms with E-state index in [2.05, 4.69) is 26.6 Å². The molecule has 98 valence electrons. The van der Waals surface area contributed by atoms with E-state index in [-0.39, 0.29) is 5.91 Å². The molecule has 0 unspecified atom stereocenters. The lowest BCUT2D eigenvalue weighted by atomic mass is 10.2. The van der Waals surface area contributed by atoms with Gasteiger partial charge in [0, 0.05) is 28.0 Å². The maximum absolute atomic E-state index is 11.3. The number of amides is 1. The normalized spacial score (nSPS) is 10.0. The second kappa shape index (κ2) is 6.38. The molecule has 2 aromatic carbocycles. The first kappa shape index (κ1) is 13.6. The number of carbonyl (C=O) groups excluding carboxylic acids is 1. The first-order valence-electron chi connectivity index (χ1n) is 6.10. The van der Waals surface area contributed by atoms with Gasteiger partial charge in [-0.05, 0) is 48.5 Å². The maximum Gasteiger partial charge on any atom is 0.224 e. The van der Waals surface area contributed by atoms with Crippen molar-refractivity contribution in [3.63, 3.8) is 0 Å². The minimum Gasteiger partial charge on any atom is -0.356 e. The lowest BCUT2D eigenvalue weighted by Gasteiger charge is -2.08. The minimum atomic E-state index is 0.0219. The molecule has 0 saturated carbocycles. The van der Waals surface area contributed by atoms with Gasteiger partial charge in [-0.15, -0.1) is 0 Å². The van der Waals surface area contributed by atoms with Gasteiger partial charge in [0.25, 0.3) is 0 Å². The van der Waals surface area contributed by atoms with Gasteiger partial charge in [0.15, 0.2) is 0 Å². The highest BCUT2D eigenvalue weighted by atomic mass is 79.9. The minimum absolute atomic E-state index is 0.0219. The molecule has 1 amide bonds. The lowest BCUT2D eigenvalue weighted by molar-refractivity contribution is -0.115. The number of carbonyl (C=O) groups is 1. The van der Waals surface area contributed by atoms with Gasteiger partial charge in [0.05, 0.1) is 0 Å². The average molecular weight is 319 g/mol. The summed E-state index contributed by atoms with van der Waals surface area (Å²) in [5.74, 6) is 0.0219. The van der Waals surface area contributed by atoms with Crippen LogP contribution in [-0.4, -0.2) is 5.91 Å². The zero-order chi connectivity index (χ0) is 13.7. The van der Waals surface area contributed by atoms with Crippen LogP contribution in [0.2, 0.25) is 0 Å². The topological polar surface area (TPSA) is 41.1 Å². The van der Waals surface area contributed by atoms with Crippen molar-refractivity contribution in [3.05, 3.63) is 53.0 Å². The highest BCUT2D eigenvalue weighted by Gasteiger charge is 1.99. The molecule has 19 heavy (non-hydrogen) atoms. The predicted molar refractivity (Wildman–Crippen MR) is 82.8 cm³/mol. The van der Waals surface area contributed by atoms with E-state index < -0.39 is 0 Å². The van der Waals surface area contributed by atoms with Gasteiger partial charge >= 0.3 is 0 Å². The van der Waals surface area contributed by atoms with Gasteiger partial charge in [-0.2, -0.15) is 0 Å². The Kier molecular flexibility index (Phi) is 4.58. The Morgan fingerprint density at radius 1 is 0.947 bits per heavy atom. The van der Waals surface area contributed by atoms with Crippen molar-refractivity contribution in [2.45, 2.75) is 13.3 Å². The smallest absolute Gasteiger partial charge is 0.224 e. The SMILES string of the molecule is CCC(=O)Nc1ccc(Nc2ccc(Br)cc2)cc1. The lowest BCUT2D eigenvalue weighted by Crippen LogP contribution is -2.09. The second-order valence-electron chi connectivity index (χ2n) is 4.11. The number of halogens is 1. The Labute approximate surface area is 121 Å². The molecular weight excluding hydrogens is 304 g/mol. The fraction of sp³-hybridized carbons (Fsp3) is 0.133. The Balaban J connectivity index is 2.02. The van der Waals surface area contributed by atoms with Crippen LogP contribution >= 0.6 is 15.9 Å². The molecule has 2 aromatic rings. The van der Waals surface area contributed by atoms with Gasteiger partial charge in [-0.25, -0.2) is 0 Å². The Bertz CT molecular complexity index is 549. The van der Waals surface area contributed by atoms with Crippen molar-refractivity contribution in [1.29, 1.82) is 0 Å². The fourth-order valence-corrected chi connectivity index (χ4v) is 1.85. The van der Waals surface area contributed by atoms with Crippen molar-refractivity contribution in [2.75, 3.05) is 10.6 Å². The zero-order valence-corrected chi connectivity index (χ0v) is 12.2. The summed E-state index contributed by atoms with van der Waals surface area (Å²) in [6, 6.07) is 15.6. The second-order valence-corrected chi connectivity index (χ2v) is 5.03. The molecule has 2 rings (SSSR count). The molecular formula is C15H15BrN2O. The Hall–Kier alpha value is -1.81. The summed E-state index contributed by atoms with van der Waals surface area (Å²) in [6.07, 6.45) is 0.485. The van der Waals surface area contributed by atoms with Crippen molar-refractivity contribution >= 4 is 38.9 Å². The van der Waals surface area contributed by atoms with Crippen molar-refractivity contribution in [1.82, 2.24) is 0 Å². The number of hydrogen-bond acceptors (Lipinski definition) is 2. The van der Waals surface area contributed by atoms with Gasteiger partial charge in [0.1, 0.15) is 0 Å². The van der Waals surface area contributed by atoms with Crippen molar-refractivity contribution in [3.8, 4) is 0 Å². The highest BCUT2D eigenvalue weighted by molar-refractivity contribution is 9.10. The van der Waals surface area contributed by atoms with Crippen LogP contribution in [0.15, 0.2) is 53.0 Å². The van der Waals surface area contributed by atoms with E-state index in [1.165, 1.54) is 0 Å². The molecule has 0 heterocycles. The van der Waals surface area contributed by atoms with Crippen LogP contribution in [0.4, 0.5) is 17.1 Å². The summed E-state index contributed by atoms with van der Waals surface area (Å²) in [5.41, 5.74) is 2.82. The van der Waals surface area contributed by atoms with Crippen LogP contribution in [0.1, 0.15) is 13.3 Å². The van der Waals surface area contributed by atoms with E-state index in [0.29, 0.717) is 6.42 Å². The molecule has 3 nitrogen and oxygen atoms in total. The first-order chi connectivity index (χ1) is 9.17. The third kappa shape index (κ3) is 4.10. The summed E-state index contributed by atoms with van der Waals surface area (Å²) >= 11 is 3.40. The van der Waals surface area contributed by atoms with Crippen LogP contribution in [0.3, 0.4) is 0 Å². The molecule has 0 saturated heterocycles. The van der Waals surface area contributed by atoms with E-state index in [9.17, 15) is 4.79 Å².